The first-order chi connectivity index (χ1) is 30.9. The molecule has 2 atom stereocenters. The van der Waals surface area contributed by atoms with Gasteiger partial charge in [-0.1, -0.05) is 178 Å². The van der Waals surface area contributed by atoms with E-state index in [1.165, 1.54) is 0 Å². The number of hydrogen-bond donors (Lipinski definition) is 2. The summed E-state index contributed by atoms with van der Waals surface area (Å²) in [5.41, 5.74) is 6.96. The topological polar surface area (TPSA) is 86.6 Å². The van der Waals surface area contributed by atoms with E-state index in [4.69, 9.17) is 23.4 Å². The van der Waals surface area contributed by atoms with E-state index in [2.05, 4.69) is 46.0 Å². The van der Waals surface area contributed by atoms with Gasteiger partial charge in [0.1, 0.15) is 49.8 Å². The largest absolute Gasteiger partial charge is 0.543 e. The molecule has 7 aromatic carbocycles. The van der Waals surface area contributed by atoms with Gasteiger partial charge in [-0.3, -0.25) is 0 Å². The third-order valence-electron chi connectivity index (χ3n) is 11.8. The van der Waals surface area contributed by atoms with E-state index in [9.17, 15) is 10.2 Å². The fourth-order valence-electron chi connectivity index (χ4n) is 7.09. The molecule has 0 aliphatic carbocycles. The highest BCUT2D eigenvalue weighted by atomic mass is 28.4. The lowest BCUT2D eigenvalue weighted by Crippen LogP contribution is -2.44. The zero-order chi connectivity index (χ0) is 44.9. The molecule has 0 saturated carbocycles. The predicted octanol–water partition coefficient (Wildman–Crippen LogP) is 12.6. The van der Waals surface area contributed by atoms with E-state index in [1.54, 1.807) is 0 Å². The Bertz CT molecular complexity index is 2510. The van der Waals surface area contributed by atoms with E-state index in [0.29, 0.717) is 60.6 Å². The SMILES string of the molecule is CC(C)(C)[Si](C)(C)Oc1c(Cc2ccccc2)c(OCc2ccccc2)cc(OCc2ccccc2)c1C(O)C(O)Cc1ccc(OCc2ccccc2)c(OCc2ccccc2)c1. The molecular formula is C56H60O7Si. The van der Waals surface area contributed by atoms with E-state index in [0.717, 1.165) is 38.9 Å². The van der Waals surface area contributed by atoms with Gasteiger partial charge < -0.3 is 33.6 Å². The van der Waals surface area contributed by atoms with Gasteiger partial charge in [-0.2, -0.15) is 0 Å². The fourth-order valence-corrected chi connectivity index (χ4v) is 8.14. The summed E-state index contributed by atoms with van der Waals surface area (Å²) >= 11 is 0. The van der Waals surface area contributed by atoms with Crippen LogP contribution in [0.15, 0.2) is 176 Å². The van der Waals surface area contributed by atoms with Crippen LogP contribution < -0.4 is 23.4 Å². The van der Waals surface area contributed by atoms with Crippen molar-refractivity contribution in [3.8, 4) is 28.7 Å². The smallest absolute Gasteiger partial charge is 0.250 e. The van der Waals surface area contributed by atoms with Gasteiger partial charge >= 0.3 is 0 Å². The van der Waals surface area contributed by atoms with Crippen molar-refractivity contribution in [1.82, 2.24) is 0 Å². The molecule has 7 nitrogen and oxygen atoms in total. The van der Waals surface area contributed by atoms with E-state index < -0.39 is 20.5 Å². The molecule has 0 aliphatic rings. The number of rotatable bonds is 20. The van der Waals surface area contributed by atoms with Crippen molar-refractivity contribution in [3.05, 3.63) is 220 Å². The molecule has 0 aliphatic heterocycles. The molecule has 7 rings (SSSR count). The lowest BCUT2D eigenvalue weighted by atomic mass is 9.92. The van der Waals surface area contributed by atoms with Gasteiger partial charge in [-0.05, 0) is 63.6 Å². The summed E-state index contributed by atoms with van der Waals surface area (Å²) in [6.45, 7) is 12.2. The van der Waals surface area contributed by atoms with Gasteiger partial charge in [0.15, 0.2) is 11.5 Å². The Balaban J connectivity index is 1.30. The molecule has 0 spiro atoms. The van der Waals surface area contributed by atoms with Gasteiger partial charge in [0.05, 0.1) is 11.7 Å². The average Bonchev–Trinajstić information content (AvgIpc) is 3.31. The van der Waals surface area contributed by atoms with Crippen LogP contribution in [0.3, 0.4) is 0 Å². The average molecular weight is 873 g/mol. The molecule has 2 N–H and O–H groups in total. The lowest BCUT2D eigenvalue weighted by Gasteiger charge is -2.39. The summed E-state index contributed by atoms with van der Waals surface area (Å²) in [4.78, 5) is 0. The summed E-state index contributed by atoms with van der Waals surface area (Å²) < 4.78 is 33.5. The highest BCUT2D eigenvalue weighted by Gasteiger charge is 2.42. The highest BCUT2D eigenvalue weighted by molar-refractivity contribution is 6.74. The van der Waals surface area contributed by atoms with Crippen molar-refractivity contribution in [2.75, 3.05) is 0 Å². The van der Waals surface area contributed by atoms with Crippen LogP contribution in [0.25, 0.3) is 0 Å². The lowest BCUT2D eigenvalue weighted by molar-refractivity contribution is 0.0159. The van der Waals surface area contributed by atoms with Crippen molar-refractivity contribution in [2.45, 2.75) is 90.4 Å². The predicted molar refractivity (Wildman–Crippen MR) is 258 cm³/mol. The molecule has 0 saturated heterocycles. The normalized spacial score (nSPS) is 12.5. The number of aliphatic hydroxyl groups excluding tert-OH is 2. The van der Waals surface area contributed by atoms with Crippen molar-refractivity contribution >= 4 is 8.32 Å². The number of ether oxygens (including phenoxy) is 4. The molecule has 0 heterocycles. The number of hydrogen-bond acceptors (Lipinski definition) is 7. The minimum atomic E-state index is -2.62. The van der Waals surface area contributed by atoms with Crippen LogP contribution in [-0.2, 0) is 39.3 Å². The first-order valence-electron chi connectivity index (χ1n) is 22.0. The maximum absolute atomic E-state index is 12.7. The minimum absolute atomic E-state index is 0.0970. The van der Waals surface area contributed by atoms with Crippen LogP contribution in [0, 0.1) is 0 Å². The Morgan fingerprint density at radius 1 is 0.453 bits per heavy atom. The molecule has 2 unspecified atom stereocenters. The molecule has 330 valence electrons. The molecule has 0 aromatic heterocycles. The van der Waals surface area contributed by atoms with Crippen molar-refractivity contribution < 1.29 is 33.6 Å². The van der Waals surface area contributed by atoms with Gasteiger partial charge in [0.2, 0.25) is 0 Å². The molecule has 0 fully saturated rings. The molecule has 0 amide bonds. The molecule has 8 heteroatoms. The third-order valence-corrected chi connectivity index (χ3v) is 16.1. The van der Waals surface area contributed by atoms with Crippen LogP contribution in [0.4, 0.5) is 0 Å². The summed E-state index contributed by atoms with van der Waals surface area (Å²) in [6, 6.07) is 57.6. The molecule has 7 aromatic rings. The summed E-state index contributed by atoms with van der Waals surface area (Å²) in [5.74, 6) is 2.56. The minimum Gasteiger partial charge on any atom is -0.543 e. The van der Waals surface area contributed by atoms with Gasteiger partial charge in [0, 0.05) is 24.5 Å². The Kier molecular flexibility index (Phi) is 15.3. The number of aliphatic hydroxyl groups is 2. The monoisotopic (exact) mass is 872 g/mol. The summed E-state index contributed by atoms with van der Waals surface area (Å²) in [6.07, 6.45) is -2.15. The molecular weight excluding hydrogens is 813 g/mol. The van der Waals surface area contributed by atoms with Crippen LogP contribution in [-0.4, -0.2) is 24.6 Å². The second-order valence-corrected chi connectivity index (χ2v) is 22.4. The first kappa shape index (κ1) is 45.7. The molecule has 64 heavy (non-hydrogen) atoms. The van der Waals surface area contributed by atoms with Gasteiger partial charge in [0.25, 0.3) is 8.32 Å². The fraction of sp³-hybridized carbons (Fsp3) is 0.250. The van der Waals surface area contributed by atoms with Crippen LogP contribution in [0.5, 0.6) is 28.7 Å². The van der Waals surface area contributed by atoms with E-state index in [1.807, 2.05) is 164 Å². The Hall–Kier alpha value is -6.32. The first-order valence-corrected chi connectivity index (χ1v) is 24.9. The maximum Gasteiger partial charge on any atom is 0.250 e. The number of benzene rings is 7. The van der Waals surface area contributed by atoms with Crippen LogP contribution in [0.2, 0.25) is 18.1 Å². The third kappa shape index (κ3) is 12.2. The standard InChI is InChI=1S/C56H60O7Si/c1-56(2,3)64(4,5)63-55-47(33-41-21-11-6-12-22-41)50(60-38-43-25-15-8-16-26-43)36-52(62-40-45-29-19-10-20-30-45)53(55)54(58)48(57)34-46-31-32-49(59-37-42-23-13-7-14-24-42)51(35-46)61-39-44-27-17-9-18-28-44/h6-32,35-36,48,54,57-58H,33-34,37-40H2,1-5H3. The zero-order valence-electron chi connectivity index (χ0n) is 37.6. The Morgan fingerprint density at radius 3 is 1.31 bits per heavy atom. The van der Waals surface area contributed by atoms with Crippen molar-refractivity contribution in [3.63, 3.8) is 0 Å². The summed E-state index contributed by atoms with van der Waals surface area (Å²) in [7, 11) is -2.62. The van der Waals surface area contributed by atoms with Crippen LogP contribution in [0.1, 0.15) is 71.4 Å². The molecule has 0 bridgehead atoms. The Labute approximate surface area is 380 Å². The van der Waals surface area contributed by atoms with E-state index >= 15 is 0 Å². The van der Waals surface area contributed by atoms with E-state index in [-0.39, 0.29) is 18.1 Å². The maximum atomic E-state index is 12.7. The van der Waals surface area contributed by atoms with Crippen molar-refractivity contribution in [1.29, 1.82) is 0 Å². The van der Waals surface area contributed by atoms with Crippen molar-refractivity contribution in [2.24, 2.45) is 0 Å². The highest BCUT2D eigenvalue weighted by Crippen LogP contribution is 2.49. The molecule has 0 radical (unpaired) electrons. The quantitative estimate of drug-likeness (QED) is 0.0738. The summed E-state index contributed by atoms with van der Waals surface area (Å²) in [5, 5.41) is 24.8. The van der Waals surface area contributed by atoms with Gasteiger partial charge in [-0.15, -0.1) is 0 Å². The second kappa shape index (κ2) is 21.4. The second-order valence-electron chi connectivity index (χ2n) is 17.7. The van der Waals surface area contributed by atoms with Gasteiger partial charge in [-0.25, -0.2) is 0 Å². The Morgan fingerprint density at radius 2 is 0.859 bits per heavy atom. The zero-order valence-corrected chi connectivity index (χ0v) is 38.6. The van der Waals surface area contributed by atoms with Crippen LogP contribution >= 0.6 is 0 Å².